The first kappa shape index (κ1) is 25.6. The van der Waals surface area contributed by atoms with E-state index in [4.69, 9.17) is 19.2 Å². The van der Waals surface area contributed by atoms with Crippen molar-refractivity contribution in [1.29, 1.82) is 0 Å². The summed E-state index contributed by atoms with van der Waals surface area (Å²) in [6.45, 7) is 3.72. The topological polar surface area (TPSA) is 93.2 Å². The normalized spacial score (nSPS) is 15.1. The minimum absolute atomic E-state index is 0. The quantitative estimate of drug-likeness (QED) is 0.263. The van der Waals surface area contributed by atoms with Gasteiger partial charge >= 0.3 is 0 Å². The van der Waals surface area contributed by atoms with E-state index in [2.05, 4.69) is 22.0 Å². The smallest absolute Gasteiger partial charge is 0.225 e. The Balaban J connectivity index is 0.00000363. The van der Waals surface area contributed by atoms with Gasteiger partial charge in [0, 0.05) is 36.7 Å². The molecule has 1 atom stereocenters. The number of benzene rings is 2. The lowest BCUT2D eigenvalue weighted by Gasteiger charge is -2.26. The number of aliphatic imine (C=N–C) groups is 1. The van der Waals surface area contributed by atoms with Crippen molar-refractivity contribution in [3.63, 3.8) is 0 Å². The van der Waals surface area contributed by atoms with Gasteiger partial charge < -0.3 is 30.2 Å². The molecule has 0 radical (unpaired) electrons. The van der Waals surface area contributed by atoms with Crippen LogP contribution in [-0.2, 0) is 11.3 Å². The van der Waals surface area contributed by atoms with E-state index >= 15 is 0 Å². The maximum atomic E-state index is 12.1. The van der Waals surface area contributed by atoms with Crippen LogP contribution in [0.4, 0.5) is 5.69 Å². The molecule has 174 valence electrons. The average molecular weight is 554 g/mol. The Labute approximate surface area is 206 Å². The number of amides is 1. The monoisotopic (exact) mass is 554 g/mol. The lowest BCUT2D eigenvalue weighted by molar-refractivity contribution is -0.116. The van der Waals surface area contributed by atoms with Crippen LogP contribution in [0.15, 0.2) is 41.4 Å². The Morgan fingerprint density at radius 2 is 1.81 bits per heavy atom. The van der Waals surface area contributed by atoms with Gasteiger partial charge in [0.2, 0.25) is 11.7 Å². The minimum atomic E-state index is 0. The number of fused-ring (bicyclic) bond motifs is 1. The number of hydrogen-bond donors (Lipinski definition) is 3. The zero-order chi connectivity index (χ0) is 22.2. The molecule has 32 heavy (non-hydrogen) atoms. The number of halogens is 1. The molecule has 9 heteroatoms. The second-order valence-electron chi connectivity index (χ2n) is 7.11. The van der Waals surface area contributed by atoms with Crippen LogP contribution in [0.3, 0.4) is 0 Å². The van der Waals surface area contributed by atoms with Gasteiger partial charge in [-0.25, -0.2) is 4.99 Å². The summed E-state index contributed by atoms with van der Waals surface area (Å²) in [5, 5.41) is 9.56. The van der Waals surface area contributed by atoms with Crippen molar-refractivity contribution in [2.24, 2.45) is 4.99 Å². The highest BCUT2D eigenvalue weighted by molar-refractivity contribution is 14.0. The van der Waals surface area contributed by atoms with Crippen molar-refractivity contribution >= 4 is 41.5 Å². The van der Waals surface area contributed by atoms with Crippen LogP contribution < -0.4 is 30.2 Å². The predicted octanol–water partition coefficient (Wildman–Crippen LogP) is 3.51. The van der Waals surface area contributed by atoms with Crippen molar-refractivity contribution in [2.45, 2.75) is 25.8 Å². The fraction of sp³-hybridized carbons (Fsp3) is 0.391. The van der Waals surface area contributed by atoms with Gasteiger partial charge in [-0.15, -0.1) is 24.0 Å². The number of rotatable bonds is 8. The van der Waals surface area contributed by atoms with E-state index in [-0.39, 0.29) is 35.8 Å². The van der Waals surface area contributed by atoms with Gasteiger partial charge in [-0.05, 0) is 30.7 Å². The van der Waals surface area contributed by atoms with Crippen molar-refractivity contribution in [3.05, 3.63) is 47.5 Å². The summed E-state index contributed by atoms with van der Waals surface area (Å²) in [5.74, 6) is 2.51. The molecular formula is C23H31IN4O4. The molecule has 8 nitrogen and oxygen atoms in total. The molecule has 1 aliphatic heterocycles. The van der Waals surface area contributed by atoms with E-state index in [0.29, 0.717) is 42.7 Å². The molecule has 1 unspecified atom stereocenters. The second kappa shape index (κ2) is 12.4. The highest BCUT2D eigenvalue weighted by Gasteiger charge is 2.24. The van der Waals surface area contributed by atoms with Gasteiger partial charge in [0.25, 0.3) is 0 Å². The molecular weight excluding hydrogens is 523 g/mol. The van der Waals surface area contributed by atoms with E-state index in [9.17, 15) is 4.79 Å². The van der Waals surface area contributed by atoms with Crippen LogP contribution >= 0.6 is 24.0 Å². The first-order valence-corrected chi connectivity index (χ1v) is 10.3. The Kier molecular flexibility index (Phi) is 9.89. The van der Waals surface area contributed by atoms with Gasteiger partial charge in [-0.1, -0.05) is 18.2 Å². The van der Waals surface area contributed by atoms with Crippen molar-refractivity contribution in [3.8, 4) is 17.2 Å². The van der Waals surface area contributed by atoms with Crippen molar-refractivity contribution in [2.75, 3.05) is 39.7 Å². The number of nitrogens with zero attached hydrogens (tertiary/aromatic N) is 1. The van der Waals surface area contributed by atoms with Gasteiger partial charge in [0.05, 0.1) is 27.9 Å². The van der Waals surface area contributed by atoms with Crippen LogP contribution in [0.5, 0.6) is 17.2 Å². The molecule has 0 saturated heterocycles. The summed E-state index contributed by atoms with van der Waals surface area (Å²) >= 11 is 0. The van der Waals surface area contributed by atoms with Gasteiger partial charge in [0.1, 0.15) is 0 Å². The van der Waals surface area contributed by atoms with Crippen LogP contribution in [0.25, 0.3) is 0 Å². The SMILES string of the molecule is CCNC(=NCc1ccc(OC)c(OC)c1OC)NCC1CC(=O)Nc2ccccc21.I. The maximum absolute atomic E-state index is 12.1. The number of ether oxygens (including phenoxy) is 3. The molecule has 0 bridgehead atoms. The number of guanidine groups is 1. The third-order valence-corrected chi connectivity index (χ3v) is 5.16. The van der Waals surface area contributed by atoms with Crippen molar-refractivity contribution < 1.29 is 19.0 Å². The minimum Gasteiger partial charge on any atom is -0.493 e. The summed E-state index contributed by atoms with van der Waals surface area (Å²) in [7, 11) is 4.77. The summed E-state index contributed by atoms with van der Waals surface area (Å²) in [4.78, 5) is 16.8. The highest BCUT2D eigenvalue weighted by atomic mass is 127. The third kappa shape index (κ3) is 5.96. The Bertz CT molecular complexity index is 952. The largest absolute Gasteiger partial charge is 0.493 e. The van der Waals surface area contributed by atoms with Crippen LogP contribution in [0.1, 0.15) is 30.4 Å². The molecule has 1 heterocycles. The van der Waals surface area contributed by atoms with Gasteiger partial charge in [-0.2, -0.15) is 0 Å². The summed E-state index contributed by atoms with van der Waals surface area (Å²) in [6.07, 6.45) is 0.437. The number of carbonyl (C=O) groups is 1. The Morgan fingerprint density at radius 1 is 1.06 bits per heavy atom. The van der Waals surface area contributed by atoms with Crippen LogP contribution in [0, 0.1) is 0 Å². The summed E-state index contributed by atoms with van der Waals surface area (Å²) < 4.78 is 16.3. The molecule has 2 aromatic rings. The zero-order valence-electron chi connectivity index (χ0n) is 18.9. The summed E-state index contributed by atoms with van der Waals surface area (Å²) in [5.41, 5.74) is 2.88. The molecule has 0 aromatic heterocycles. The maximum Gasteiger partial charge on any atom is 0.225 e. The Morgan fingerprint density at radius 3 is 2.50 bits per heavy atom. The average Bonchev–Trinajstić information content (AvgIpc) is 2.79. The first-order chi connectivity index (χ1) is 15.1. The van der Waals surface area contributed by atoms with Gasteiger partial charge in [-0.3, -0.25) is 4.79 Å². The van der Waals surface area contributed by atoms with E-state index < -0.39 is 0 Å². The number of hydrogen-bond acceptors (Lipinski definition) is 5. The molecule has 2 aromatic carbocycles. The Hall–Kier alpha value is -2.69. The zero-order valence-corrected chi connectivity index (χ0v) is 21.2. The highest BCUT2D eigenvalue weighted by Crippen LogP contribution is 2.40. The van der Waals surface area contributed by atoms with Crippen LogP contribution in [0.2, 0.25) is 0 Å². The molecule has 3 rings (SSSR count). The fourth-order valence-corrected chi connectivity index (χ4v) is 3.70. The molecule has 0 aliphatic carbocycles. The number of nitrogens with one attached hydrogen (secondary N) is 3. The standard InChI is InChI=1S/C23H30N4O4.HI/c1-5-24-23(25-13-15-10-11-19(29-2)22(31-4)21(15)30-3)26-14-16-12-20(28)27-18-9-7-6-8-17(16)18;/h6-11,16H,5,12-14H2,1-4H3,(H,27,28)(H2,24,25,26);1H. The molecule has 1 aliphatic rings. The molecule has 0 fully saturated rings. The van der Waals surface area contributed by atoms with Gasteiger partial charge in [0.15, 0.2) is 17.5 Å². The molecule has 1 amide bonds. The lowest BCUT2D eigenvalue weighted by atomic mass is 9.90. The molecule has 0 spiro atoms. The van der Waals surface area contributed by atoms with Crippen molar-refractivity contribution in [1.82, 2.24) is 10.6 Å². The first-order valence-electron chi connectivity index (χ1n) is 10.3. The number of para-hydroxylation sites is 1. The number of anilines is 1. The predicted molar refractivity (Wildman–Crippen MR) is 137 cm³/mol. The molecule has 0 saturated carbocycles. The summed E-state index contributed by atoms with van der Waals surface area (Å²) in [6, 6.07) is 11.7. The number of carbonyl (C=O) groups excluding carboxylic acids is 1. The van der Waals surface area contributed by atoms with E-state index in [0.717, 1.165) is 23.4 Å². The lowest BCUT2D eigenvalue weighted by Crippen LogP contribution is -2.40. The van der Waals surface area contributed by atoms with E-state index in [1.807, 2.05) is 37.3 Å². The van der Waals surface area contributed by atoms with E-state index in [1.54, 1.807) is 21.3 Å². The second-order valence-corrected chi connectivity index (χ2v) is 7.11. The number of methoxy groups -OCH3 is 3. The van der Waals surface area contributed by atoms with Crippen LogP contribution in [-0.4, -0.2) is 46.3 Å². The fourth-order valence-electron chi connectivity index (χ4n) is 3.70. The third-order valence-electron chi connectivity index (χ3n) is 5.16. The molecule has 3 N–H and O–H groups in total. The van der Waals surface area contributed by atoms with E-state index in [1.165, 1.54) is 0 Å².